The molecule has 3 fully saturated rings. The number of nitrogens with one attached hydrogen (secondary N) is 2. The van der Waals surface area contributed by atoms with Crippen LogP contribution in [-0.2, 0) is 0 Å². The highest BCUT2D eigenvalue weighted by Crippen LogP contribution is 2.39. The first-order valence-electron chi connectivity index (χ1n) is 9.09. The second kappa shape index (κ2) is 7.28. The molecule has 120 valence electrons. The Morgan fingerprint density at radius 3 is 2.24 bits per heavy atom. The molecule has 1 saturated carbocycles. The van der Waals surface area contributed by atoms with Crippen LogP contribution in [-0.4, -0.2) is 40.7 Å². The van der Waals surface area contributed by atoms with Gasteiger partial charge in [-0.15, -0.1) is 0 Å². The summed E-state index contributed by atoms with van der Waals surface area (Å²) in [7, 11) is 0. The highest BCUT2D eigenvalue weighted by molar-refractivity contribution is 7.80. The number of nitrogens with zero attached hydrogens (tertiary/aromatic N) is 1. The largest absolute Gasteiger partial charge is 0.363 e. The van der Waals surface area contributed by atoms with Crippen molar-refractivity contribution in [2.75, 3.05) is 6.54 Å². The molecule has 21 heavy (non-hydrogen) atoms. The maximum atomic E-state index is 5.43. The van der Waals surface area contributed by atoms with Crippen LogP contribution < -0.4 is 10.6 Å². The van der Waals surface area contributed by atoms with Crippen LogP contribution in [0.15, 0.2) is 0 Å². The van der Waals surface area contributed by atoms with Gasteiger partial charge >= 0.3 is 0 Å². The molecule has 3 aliphatic rings. The summed E-state index contributed by atoms with van der Waals surface area (Å²) in [6.07, 6.45) is 13.8. The van der Waals surface area contributed by atoms with Gasteiger partial charge in [0.2, 0.25) is 0 Å². The average Bonchev–Trinajstić information content (AvgIpc) is 2.98. The molecule has 2 aliphatic heterocycles. The monoisotopic (exact) mass is 309 g/mol. The lowest BCUT2D eigenvalue weighted by molar-refractivity contribution is -0.00607. The zero-order chi connectivity index (χ0) is 14.7. The van der Waals surface area contributed by atoms with E-state index in [4.69, 9.17) is 12.2 Å². The van der Waals surface area contributed by atoms with Crippen molar-refractivity contribution in [2.45, 2.75) is 95.3 Å². The molecule has 0 aromatic carbocycles. The Morgan fingerprint density at radius 1 is 1.00 bits per heavy atom. The third kappa shape index (κ3) is 3.70. The average molecular weight is 310 g/mol. The van der Waals surface area contributed by atoms with E-state index in [2.05, 4.69) is 22.5 Å². The van der Waals surface area contributed by atoms with Crippen molar-refractivity contribution in [3.63, 3.8) is 0 Å². The molecule has 2 atom stereocenters. The zero-order valence-electron chi connectivity index (χ0n) is 13.4. The maximum absolute atomic E-state index is 5.43. The predicted molar refractivity (Wildman–Crippen MR) is 92.6 cm³/mol. The highest BCUT2D eigenvalue weighted by atomic mass is 32.1. The quantitative estimate of drug-likeness (QED) is 0.780. The minimum atomic E-state index is 0.592. The molecule has 3 rings (SSSR count). The summed E-state index contributed by atoms with van der Waals surface area (Å²) in [5.74, 6) is 0. The van der Waals surface area contributed by atoms with Crippen LogP contribution in [0, 0.1) is 0 Å². The standard InChI is InChI=1S/C17H31N3S/c1-2-10-18-17(21)19-13-11-15-8-5-9-16(12-13)20(15)14-6-3-4-7-14/h13-16H,2-12H2,1H3,(H2,18,19,21). The van der Waals surface area contributed by atoms with E-state index in [1.54, 1.807) is 0 Å². The lowest BCUT2D eigenvalue weighted by Crippen LogP contribution is -2.60. The molecular formula is C17H31N3S. The van der Waals surface area contributed by atoms with Gasteiger partial charge in [-0.05, 0) is 57.2 Å². The summed E-state index contributed by atoms with van der Waals surface area (Å²) in [6.45, 7) is 3.17. The topological polar surface area (TPSA) is 27.3 Å². The van der Waals surface area contributed by atoms with Gasteiger partial charge in [-0.25, -0.2) is 0 Å². The maximum Gasteiger partial charge on any atom is 0.166 e. The molecule has 2 heterocycles. The molecule has 0 aromatic rings. The number of hydrogen-bond donors (Lipinski definition) is 2. The summed E-state index contributed by atoms with van der Waals surface area (Å²) in [6, 6.07) is 3.11. The van der Waals surface area contributed by atoms with Gasteiger partial charge in [-0.2, -0.15) is 0 Å². The van der Waals surface area contributed by atoms with Crippen molar-refractivity contribution in [2.24, 2.45) is 0 Å². The van der Waals surface area contributed by atoms with Crippen molar-refractivity contribution in [3.8, 4) is 0 Å². The van der Waals surface area contributed by atoms with Gasteiger partial charge in [0.05, 0.1) is 0 Å². The SMILES string of the molecule is CCCNC(=S)NC1CC2CCCC(C1)N2C1CCCC1. The predicted octanol–water partition coefficient (Wildman–Crippen LogP) is 3.19. The van der Waals surface area contributed by atoms with Crippen LogP contribution in [0.25, 0.3) is 0 Å². The van der Waals surface area contributed by atoms with Crippen molar-refractivity contribution in [1.82, 2.24) is 15.5 Å². The van der Waals surface area contributed by atoms with Crippen LogP contribution in [0.1, 0.15) is 71.1 Å². The molecule has 3 nitrogen and oxygen atoms in total. The summed E-state index contributed by atoms with van der Waals surface area (Å²) in [5, 5.41) is 7.78. The summed E-state index contributed by atoms with van der Waals surface area (Å²) >= 11 is 5.43. The summed E-state index contributed by atoms with van der Waals surface area (Å²) in [5.41, 5.74) is 0. The second-order valence-corrected chi connectivity index (χ2v) is 7.60. The lowest BCUT2D eigenvalue weighted by atomic mass is 9.80. The fourth-order valence-corrected chi connectivity index (χ4v) is 5.08. The molecule has 2 unspecified atom stereocenters. The number of piperidine rings is 2. The third-order valence-corrected chi connectivity index (χ3v) is 5.91. The molecule has 0 aromatic heterocycles. The molecule has 2 saturated heterocycles. The lowest BCUT2D eigenvalue weighted by Gasteiger charge is -2.52. The zero-order valence-corrected chi connectivity index (χ0v) is 14.3. The van der Waals surface area contributed by atoms with Crippen LogP contribution in [0.5, 0.6) is 0 Å². The molecule has 1 aliphatic carbocycles. The molecule has 2 N–H and O–H groups in total. The van der Waals surface area contributed by atoms with E-state index < -0.39 is 0 Å². The van der Waals surface area contributed by atoms with E-state index in [-0.39, 0.29) is 0 Å². The Labute approximate surface area is 135 Å². The first kappa shape index (κ1) is 15.5. The number of thiocarbonyl (C=S) groups is 1. The van der Waals surface area contributed by atoms with E-state index in [1.165, 1.54) is 57.8 Å². The van der Waals surface area contributed by atoms with Gasteiger partial charge in [-0.1, -0.05) is 26.2 Å². The molecule has 0 spiro atoms. The van der Waals surface area contributed by atoms with Crippen molar-refractivity contribution < 1.29 is 0 Å². The Kier molecular flexibility index (Phi) is 5.38. The molecule has 0 amide bonds. The van der Waals surface area contributed by atoms with E-state index in [0.29, 0.717) is 6.04 Å². The van der Waals surface area contributed by atoms with Gasteiger partial charge in [0.1, 0.15) is 0 Å². The van der Waals surface area contributed by atoms with Gasteiger partial charge in [0.25, 0.3) is 0 Å². The Balaban J connectivity index is 1.56. The fraction of sp³-hybridized carbons (Fsp3) is 0.941. The normalized spacial score (nSPS) is 33.9. The molecular weight excluding hydrogens is 278 g/mol. The van der Waals surface area contributed by atoms with Crippen molar-refractivity contribution >= 4 is 17.3 Å². The van der Waals surface area contributed by atoms with E-state index >= 15 is 0 Å². The Hall–Kier alpha value is -0.350. The molecule has 2 bridgehead atoms. The Morgan fingerprint density at radius 2 is 1.62 bits per heavy atom. The first-order chi connectivity index (χ1) is 10.3. The van der Waals surface area contributed by atoms with Crippen LogP contribution >= 0.6 is 12.2 Å². The van der Waals surface area contributed by atoms with Crippen molar-refractivity contribution in [3.05, 3.63) is 0 Å². The highest BCUT2D eigenvalue weighted by Gasteiger charge is 2.42. The molecule has 0 radical (unpaired) electrons. The number of fused-ring (bicyclic) bond motifs is 2. The van der Waals surface area contributed by atoms with Crippen LogP contribution in [0.4, 0.5) is 0 Å². The van der Waals surface area contributed by atoms with Crippen molar-refractivity contribution in [1.29, 1.82) is 0 Å². The van der Waals surface area contributed by atoms with Crippen LogP contribution in [0.3, 0.4) is 0 Å². The van der Waals surface area contributed by atoms with E-state index in [9.17, 15) is 0 Å². The summed E-state index contributed by atoms with van der Waals surface area (Å²) in [4.78, 5) is 2.93. The minimum Gasteiger partial charge on any atom is -0.363 e. The van der Waals surface area contributed by atoms with E-state index in [1.807, 2.05) is 0 Å². The van der Waals surface area contributed by atoms with Gasteiger partial charge in [-0.3, -0.25) is 4.90 Å². The van der Waals surface area contributed by atoms with Gasteiger partial charge in [0, 0.05) is 30.7 Å². The number of hydrogen-bond acceptors (Lipinski definition) is 2. The number of rotatable bonds is 4. The van der Waals surface area contributed by atoms with Gasteiger partial charge in [0.15, 0.2) is 5.11 Å². The Bertz CT molecular complexity index is 340. The first-order valence-corrected chi connectivity index (χ1v) is 9.50. The van der Waals surface area contributed by atoms with Gasteiger partial charge < -0.3 is 10.6 Å². The summed E-state index contributed by atoms with van der Waals surface area (Å²) < 4.78 is 0. The third-order valence-electron chi connectivity index (χ3n) is 5.65. The van der Waals surface area contributed by atoms with E-state index in [0.717, 1.165) is 36.2 Å². The minimum absolute atomic E-state index is 0.592. The molecule has 4 heteroatoms. The van der Waals surface area contributed by atoms with Crippen LogP contribution in [0.2, 0.25) is 0 Å². The fourth-order valence-electron chi connectivity index (χ4n) is 4.81. The smallest absolute Gasteiger partial charge is 0.166 e. The second-order valence-electron chi connectivity index (χ2n) is 7.19.